The molecule has 3 rings (SSSR count). The molecule has 4 nitrogen and oxygen atoms in total. The van der Waals surface area contributed by atoms with Crippen LogP contribution >= 0.6 is 31.9 Å². The lowest BCUT2D eigenvalue weighted by Gasteiger charge is -2.05. The molecule has 0 radical (unpaired) electrons. The van der Waals surface area contributed by atoms with E-state index in [2.05, 4.69) is 31.9 Å². The molecular formula is C16H8Br2O4. The van der Waals surface area contributed by atoms with Gasteiger partial charge in [-0.05, 0) is 46.3 Å². The van der Waals surface area contributed by atoms with Crippen LogP contribution in [0.25, 0.3) is 11.0 Å². The average Bonchev–Trinajstić information content (AvgIpc) is 2.48. The van der Waals surface area contributed by atoms with E-state index in [1.54, 1.807) is 42.5 Å². The van der Waals surface area contributed by atoms with Crippen LogP contribution in [0, 0.1) is 0 Å². The summed E-state index contributed by atoms with van der Waals surface area (Å²) in [5.41, 5.74) is -0.512. The normalized spacial score (nSPS) is 10.6. The first-order chi connectivity index (χ1) is 10.5. The van der Waals surface area contributed by atoms with Gasteiger partial charge in [0.05, 0.1) is 4.47 Å². The molecule has 0 unspecified atom stereocenters. The van der Waals surface area contributed by atoms with Crippen LogP contribution in [0.15, 0.2) is 66.7 Å². The van der Waals surface area contributed by atoms with E-state index < -0.39 is 11.6 Å². The van der Waals surface area contributed by atoms with Gasteiger partial charge in [0.15, 0.2) is 5.58 Å². The Balaban J connectivity index is 2.05. The molecule has 0 aliphatic carbocycles. The number of benzene rings is 2. The Labute approximate surface area is 142 Å². The van der Waals surface area contributed by atoms with Gasteiger partial charge in [0.2, 0.25) is 0 Å². The summed E-state index contributed by atoms with van der Waals surface area (Å²) >= 11 is 6.67. The number of hydrogen-bond acceptors (Lipinski definition) is 4. The summed E-state index contributed by atoms with van der Waals surface area (Å²) in [7, 11) is 0. The zero-order valence-electron chi connectivity index (χ0n) is 11.0. The Bertz CT molecular complexity index is 917. The summed E-state index contributed by atoms with van der Waals surface area (Å²) in [6, 6.07) is 13.5. The van der Waals surface area contributed by atoms with E-state index in [9.17, 15) is 9.59 Å². The first kappa shape index (κ1) is 15.0. The maximum absolute atomic E-state index is 12.1. The lowest BCUT2D eigenvalue weighted by Crippen LogP contribution is -2.18. The Morgan fingerprint density at radius 2 is 1.77 bits per heavy atom. The smallest absolute Gasteiger partial charge is 0.351 e. The van der Waals surface area contributed by atoms with E-state index in [-0.39, 0.29) is 5.56 Å². The molecule has 0 fully saturated rings. The van der Waals surface area contributed by atoms with Gasteiger partial charge >= 0.3 is 11.6 Å². The second kappa shape index (κ2) is 6.06. The van der Waals surface area contributed by atoms with Crippen molar-refractivity contribution in [2.24, 2.45) is 0 Å². The molecule has 0 aliphatic rings. The molecule has 0 amide bonds. The highest BCUT2D eigenvalue weighted by Gasteiger charge is 2.17. The maximum Gasteiger partial charge on any atom is 0.351 e. The second-order valence-electron chi connectivity index (χ2n) is 4.46. The van der Waals surface area contributed by atoms with Crippen molar-refractivity contribution in [1.29, 1.82) is 0 Å². The monoisotopic (exact) mass is 422 g/mol. The van der Waals surface area contributed by atoms with Gasteiger partial charge in [-0.2, -0.15) is 0 Å². The van der Waals surface area contributed by atoms with Crippen LogP contribution in [0.3, 0.4) is 0 Å². The molecule has 0 aliphatic heterocycles. The minimum absolute atomic E-state index is 0.152. The molecule has 0 N–H and O–H groups in total. The third kappa shape index (κ3) is 2.98. The highest BCUT2D eigenvalue weighted by Crippen LogP contribution is 2.28. The van der Waals surface area contributed by atoms with E-state index in [1.807, 2.05) is 0 Å². The van der Waals surface area contributed by atoms with Crippen molar-refractivity contribution >= 4 is 48.8 Å². The summed E-state index contributed by atoms with van der Waals surface area (Å²) in [6.07, 6.45) is 0. The molecule has 6 heteroatoms. The number of carbonyl (C=O) groups excluding carboxylic acids is 1. The average molecular weight is 424 g/mol. The van der Waals surface area contributed by atoms with Crippen molar-refractivity contribution in [2.45, 2.75) is 0 Å². The molecule has 0 atom stereocenters. The highest BCUT2D eigenvalue weighted by molar-refractivity contribution is 9.11. The molecule has 110 valence electrons. The van der Waals surface area contributed by atoms with Gasteiger partial charge in [0.25, 0.3) is 0 Å². The molecule has 0 spiro atoms. The summed E-state index contributed by atoms with van der Waals surface area (Å²) in [5.74, 6) is -0.389. The molecule has 3 aromatic rings. The molecule has 1 aromatic heterocycles. The first-order valence-corrected chi connectivity index (χ1v) is 7.83. The van der Waals surface area contributed by atoms with Gasteiger partial charge in [0.1, 0.15) is 11.3 Å². The first-order valence-electron chi connectivity index (χ1n) is 6.25. The standard InChI is InChI=1S/C16H8Br2O4/c17-10-6-9-7-12(16(20)22-14(9)13(18)8-10)15(19)21-11-4-2-1-3-5-11/h1-8H. The van der Waals surface area contributed by atoms with Gasteiger partial charge in [-0.25, -0.2) is 9.59 Å². The van der Waals surface area contributed by atoms with E-state index in [4.69, 9.17) is 9.15 Å². The number of rotatable bonds is 2. The van der Waals surface area contributed by atoms with Crippen LogP contribution < -0.4 is 10.4 Å². The number of hydrogen-bond donors (Lipinski definition) is 0. The number of para-hydroxylation sites is 1. The van der Waals surface area contributed by atoms with Crippen LogP contribution in [0.5, 0.6) is 5.75 Å². The van der Waals surface area contributed by atoms with Crippen LogP contribution in [0.4, 0.5) is 0 Å². The van der Waals surface area contributed by atoms with Gasteiger partial charge in [0, 0.05) is 9.86 Å². The molecule has 22 heavy (non-hydrogen) atoms. The summed E-state index contributed by atoms with van der Waals surface area (Å²) in [6.45, 7) is 0. The molecule has 0 bridgehead atoms. The molecule has 2 aromatic carbocycles. The Kier molecular flexibility index (Phi) is 4.13. The van der Waals surface area contributed by atoms with Crippen molar-refractivity contribution in [3.8, 4) is 5.75 Å². The molecule has 0 saturated carbocycles. The highest BCUT2D eigenvalue weighted by atomic mass is 79.9. The fourth-order valence-electron chi connectivity index (χ4n) is 1.95. The maximum atomic E-state index is 12.1. The van der Waals surface area contributed by atoms with Crippen LogP contribution in [-0.4, -0.2) is 5.97 Å². The van der Waals surface area contributed by atoms with Crippen molar-refractivity contribution in [3.63, 3.8) is 0 Å². The van der Waals surface area contributed by atoms with Gasteiger partial charge in [-0.1, -0.05) is 34.1 Å². The van der Waals surface area contributed by atoms with E-state index >= 15 is 0 Å². The van der Waals surface area contributed by atoms with Gasteiger partial charge in [-0.3, -0.25) is 0 Å². The third-order valence-corrected chi connectivity index (χ3v) is 3.97. The zero-order chi connectivity index (χ0) is 15.7. The van der Waals surface area contributed by atoms with Crippen molar-refractivity contribution in [2.75, 3.05) is 0 Å². The fourth-order valence-corrected chi connectivity index (χ4v) is 3.29. The van der Waals surface area contributed by atoms with Gasteiger partial charge < -0.3 is 9.15 Å². The number of carbonyl (C=O) groups is 1. The van der Waals surface area contributed by atoms with Crippen molar-refractivity contribution in [3.05, 3.63) is 73.5 Å². The fraction of sp³-hybridized carbons (Fsp3) is 0. The Morgan fingerprint density at radius 1 is 1.05 bits per heavy atom. The third-order valence-electron chi connectivity index (χ3n) is 2.93. The molecule has 0 saturated heterocycles. The lowest BCUT2D eigenvalue weighted by molar-refractivity contribution is 0.0730. The number of ether oxygens (including phenoxy) is 1. The van der Waals surface area contributed by atoms with E-state index in [1.165, 1.54) is 6.07 Å². The quantitative estimate of drug-likeness (QED) is 0.345. The minimum Gasteiger partial charge on any atom is -0.423 e. The molecular weight excluding hydrogens is 416 g/mol. The SMILES string of the molecule is O=C(Oc1ccccc1)c1cc2cc(Br)cc(Br)c2oc1=O. The number of esters is 1. The lowest BCUT2D eigenvalue weighted by atomic mass is 10.2. The molecule has 1 heterocycles. The van der Waals surface area contributed by atoms with E-state index in [0.29, 0.717) is 21.2 Å². The number of halogens is 2. The summed E-state index contributed by atoms with van der Waals surface area (Å²) in [5, 5.41) is 0.612. The van der Waals surface area contributed by atoms with Crippen LogP contribution in [0.2, 0.25) is 0 Å². The predicted octanol–water partition coefficient (Wildman–Crippen LogP) is 4.54. The largest absolute Gasteiger partial charge is 0.423 e. The predicted molar refractivity (Wildman–Crippen MR) is 89.3 cm³/mol. The number of fused-ring (bicyclic) bond motifs is 1. The van der Waals surface area contributed by atoms with Crippen molar-refractivity contribution < 1.29 is 13.9 Å². The van der Waals surface area contributed by atoms with Crippen LogP contribution in [0.1, 0.15) is 10.4 Å². The minimum atomic E-state index is -0.752. The Morgan fingerprint density at radius 3 is 2.50 bits per heavy atom. The second-order valence-corrected chi connectivity index (χ2v) is 6.23. The Hall–Kier alpha value is -1.92. The van der Waals surface area contributed by atoms with Crippen molar-refractivity contribution in [1.82, 2.24) is 0 Å². The van der Waals surface area contributed by atoms with Gasteiger partial charge in [-0.15, -0.1) is 0 Å². The summed E-state index contributed by atoms with van der Waals surface area (Å²) in [4.78, 5) is 24.1. The van der Waals surface area contributed by atoms with Crippen LogP contribution in [-0.2, 0) is 0 Å². The van der Waals surface area contributed by atoms with E-state index in [0.717, 1.165) is 4.47 Å². The topological polar surface area (TPSA) is 56.5 Å². The zero-order valence-corrected chi connectivity index (χ0v) is 14.2. The summed E-state index contributed by atoms with van der Waals surface area (Å²) < 4.78 is 11.8.